The van der Waals surface area contributed by atoms with Gasteiger partial charge in [0.1, 0.15) is 0 Å². The number of nitrogens with zero attached hydrogens (tertiary/aromatic N) is 1. The molecule has 0 bridgehead atoms. The lowest BCUT2D eigenvalue weighted by Gasteiger charge is -2.26. The van der Waals surface area contributed by atoms with Crippen molar-refractivity contribution >= 4 is 40.5 Å². The Morgan fingerprint density at radius 1 is 1.06 bits per heavy atom. The molecule has 34 heavy (non-hydrogen) atoms. The maximum Gasteiger partial charge on any atom is 0.291 e. The zero-order chi connectivity index (χ0) is 24.1. The molecule has 1 aromatic heterocycles. The van der Waals surface area contributed by atoms with Gasteiger partial charge in [0.2, 0.25) is 6.10 Å². The van der Waals surface area contributed by atoms with Gasteiger partial charge < -0.3 is 15.3 Å². The van der Waals surface area contributed by atoms with E-state index in [2.05, 4.69) is 17.4 Å². The zero-order valence-electron chi connectivity index (χ0n) is 18.4. The van der Waals surface area contributed by atoms with E-state index in [1.165, 1.54) is 10.5 Å². The minimum Gasteiger partial charge on any atom is -0.376 e. The number of nitrogens with one attached hydrogen (secondary N) is 1. The van der Waals surface area contributed by atoms with Gasteiger partial charge >= 0.3 is 0 Å². The highest BCUT2D eigenvalue weighted by atomic mass is 35.5. The number of carbonyl (C=O) groups excluding carboxylic acids is 3. The highest BCUT2D eigenvalue weighted by Gasteiger charge is 2.38. The summed E-state index contributed by atoms with van der Waals surface area (Å²) >= 11 is 7.61. The summed E-state index contributed by atoms with van der Waals surface area (Å²) in [5.74, 6) is -2.89. The lowest BCUT2D eigenvalue weighted by atomic mass is 10.0. The molecule has 1 fully saturated rings. The molecule has 3 aromatic rings. The van der Waals surface area contributed by atoms with Crippen LogP contribution in [0.25, 0.3) is 0 Å². The van der Waals surface area contributed by atoms with Crippen molar-refractivity contribution in [1.29, 1.82) is 0 Å². The second-order valence-electron chi connectivity index (χ2n) is 8.22. The van der Waals surface area contributed by atoms with Crippen LogP contribution in [-0.4, -0.2) is 40.3 Å². The Kier molecular flexibility index (Phi) is 7.77. The van der Waals surface area contributed by atoms with Gasteiger partial charge in [-0.3, -0.25) is 14.4 Å². The number of aliphatic hydroxyl groups is 1. The first-order valence-electron chi connectivity index (χ1n) is 11.1. The van der Waals surface area contributed by atoms with Crippen LogP contribution in [0.2, 0.25) is 5.02 Å². The van der Waals surface area contributed by atoms with Crippen molar-refractivity contribution in [2.24, 2.45) is 0 Å². The molecule has 0 aliphatic carbocycles. The molecule has 176 valence electrons. The van der Waals surface area contributed by atoms with Gasteiger partial charge in [0.25, 0.3) is 17.6 Å². The predicted molar refractivity (Wildman–Crippen MR) is 132 cm³/mol. The number of rotatable bonds is 8. The average Bonchev–Trinajstić information content (AvgIpc) is 3.51. The topological polar surface area (TPSA) is 86.7 Å². The second-order valence-corrected chi connectivity index (χ2v) is 9.91. The molecule has 1 aliphatic rings. The van der Waals surface area contributed by atoms with E-state index in [1.807, 2.05) is 36.4 Å². The summed E-state index contributed by atoms with van der Waals surface area (Å²) in [6.07, 6.45) is 0.189. The molecule has 0 unspecified atom stereocenters. The highest BCUT2D eigenvalue weighted by Crippen LogP contribution is 2.33. The molecule has 6 nitrogen and oxygen atoms in total. The van der Waals surface area contributed by atoms with Crippen molar-refractivity contribution in [3.8, 4) is 0 Å². The average molecular weight is 497 g/mol. The highest BCUT2D eigenvalue weighted by molar-refractivity contribution is 7.12. The van der Waals surface area contributed by atoms with Gasteiger partial charge in [-0.25, -0.2) is 0 Å². The molecule has 4 rings (SSSR count). The van der Waals surface area contributed by atoms with Crippen LogP contribution in [-0.2, 0) is 27.3 Å². The van der Waals surface area contributed by atoms with Crippen molar-refractivity contribution in [2.75, 3.05) is 6.54 Å². The number of carbonyl (C=O) groups is 3. The van der Waals surface area contributed by atoms with Crippen LogP contribution in [0.15, 0.2) is 66.7 Å². The summed E-state index contributed by atoms with van der Waals surface area (Å²) in [4.78, 5) is 41.2. The van der Waals surface area contributed by atoms with E-state index in [0.29, 0.717) is 18.0 Å². The largest absolute Gasteiger partial charge is 0.376 e. The van der Waals surface area contributed by atoms with Crippen LogP contribution in [0.4, 0.5) is 0 Å². The monoisotopic (exact) mass is 496 g/mol. The molecule has 1 aliphatic heterocycles. The summed E-state index contributed by atoms with van der Waals surface area (Å²) in [6, 6.07) is 20.8. The predicted octanol–water partition coefficient (Wildman–Crippen LogP) is 3.90. The van der Waals surface area contributed by atoms with E-state index in [4.69, 9.17) is 11.6 Å². The van der Waals surface area contributed by atoms with Gasteiger partial charge in [0, 0.05) is 27.7 Å². The number of amides is 2. The molecule has 0 radical (unpaired) electrons. The van der Waals surface area contributed by atoms with E-state index < -0.39 is 23.7 Å². The Hall–Kier alpha value is -3.00. The molecule has 2 heterocycles. The fourth-order valence-electron chi connectivity index (χ4n) is 4.15. The second kappa shape index (κ2) is 11.0. The summed E-state index contributed by atoms with van der Waals surface area (Å²) in [5.41, 5.74) is 2.03. The molecule has 0 spiro atoms. The number of thiophene rings is 1. The van der Waals surface area contributed by atoms with Crippen molar-refractivity contribution in [3.05, 3.63) is 92.6 Å². The third-order valence-corrected chi connectivity index (χ3v) is 7.16. The number of halogens is 1. The van der Waals surface area contributed by atoms with Crippen LogP contribution in [0.3, 0.4) is 0 Å². The smallest absolute Gasteiger partial charge is 0.291 e. The van der Waals surface area contributed by atoms with E-state index in [0.717, 1.165) is 28.2 Å². The third kappa shape index (κ3) is 5.73. The van der Waals surface area contributed by atoms with Crippen LogP contribution in [0.5, 0.6) is 0 Å². The van der Waals surface area contributed by atoms with Crippen LogP contribution < -0.4 is 5.32 Å². The van der Waals surface area contributed by atoms with Crippen molar-refractivity contribution < 1.29 is 19.5 Å². The molecular weight excluding hydrogens is 472 g/mol. The van der Waals surface area contributed by atoms with Gasteiger partial charge in [-0.1, -0.05) is 54.1 Å². The third-order valence-electron chi connectivity index (χ3n) is 5.84. The number of benzene rings is 2. The Bertz CT molecular complexity index is 1180. The van der Waals surface area contributed by atoms with Crippen molar-refractivity contribution in [2.45, 2.75) is 38.0 Å². The molecule has 2 amide bonds. The van der Waals surface area contributed by atoms with Crippen molar-refractivity contribution in [1.82, 2.24) is 10.2 Å². The maximum atomic E-state index is 12.9. The van der Waals surface area contributed by atoms with Crippen LogP contribution in [0, 0.1) is 0 Å². The van der Waals surface area contributed by atoms with E-state index in [9.17, 15) is 19.5 Å². The standard InChI is InChI=1S/C26H25ClN2O4S/c27-19-9-4-8-18(15-19)22-10-5-13-29(22)26(33)24(31)23(30)25(32)28-16-21-12-11-20(34-21)14-17-6-2-1-3-7-17/h1-4,6-9,11-12,15,22,24,31H,5,10,13-14,16H2,(H,28,32)/t22-,24-/m1/s1. The number of hydrogen-bond donors (Lipinski definition) is 2. The Morgan fingerprint density at radius 2 is 1.82 bits per heavy atom. The number of ketones is 1. The first-order chi connectivity index (χ1) is 16.4. The maximum absolute atomic E-state index is 12.9. The number of likely N-dealkylation sites (tertiary alicyclic amines) is 1. The molecule has 1 saturated heterocycles. The Balaban J connectivity index is 1.32. The summed E-state index contributed by atoms with van der Waals surface area (Å²) in [5, 5.41) is 13.5. The molecule has 0 saturated carbocycles. The lowest BCUT2D eigenvalue weighted by molar-refractivity contribution is -0.153. The van der Waals surface area contributed by atoms with Gasteiger partial charge in [-0.05, 0) is 48.2 Å². The van der Waals surface area contributed by atoms with E-state index in [-0.39, 0.29) is 12.6 Å². The van der Waals surface area contributed by atoms with E-state index >= 15 is 0 Å². The molecule has 2 aromatic carbocycles. The number of aliphatic hydroxyl groups excluding tert-OH is 1. The number of Topliss-reactive ketones (excluding diaryl/α,β-unsaturated/α-hetero) is 1. The normalized spacial score (nSPS) is 16.3. The Morgan fingerprint density at radius 3 is 2.59 bits per heavy atom. The van der Waals surface area contributed by atoms with Gasteiger partial charge in [0.05, 0.1) is 12.6 Å². The Labute approximate surface area is 207 Å². The molecule has 2 N–H and O–H groups in total. The SMILES string of the molecule is O=C(NCc1ccc(Cc2ccccc2)s1)C(=O)[C@@H](O)C(=O)N1CCC[C@@H]1c1cccc(Cl)c1. The molecule has 2 atom stereocenters. The first kappa shape index (κ1) is 24.1. The molecular formula is C26H25ClN2O4S. The van der Waals surface area contributed by atoms with Gasteiger partial charge in [-0.2, -0.15) is 0 Å². The minimum absolute atomic E-state index is 0.153. The van der Waals surface area contributed by atoms with Crippen LogP contribution in [0.1, 0.15) is 39.8 Å². The fourth-order valence-corrected chi connectivity index (χ4v) is 5.34. The number of hydrogen-bond acceptors (Lipinski definition) is 5. The summed E-state index contributed by atoms with van der Waals surface area (Å²) < 4.78 is 0. The summed E-state index contributed by atoms with van der Waals surface area (Å²) in [6.45, 7) is 0.557. The molecule has 8 heteroatoms. The quantitative estimate of drug-likeness (QED) is 0.366. The lowest BCUT2D eigenvalue weighted by Crippen LogP contribution is -2.47. The van der Waals surface area contributed by atoms with E-state index in [1.54, 1.807) is 29.5 Å². The van der Waals surface area contributed by atoms with Gasteiger partial charge in [0.15, 0.2) is 0 Å². The first-order valence-corrected chi connectivity index (χ1v) is 12.3. The summed E-state index contributed by atoms with van der Waals surface area (Å²) in [7, 11) is 0. The van der Waals surface area contributed by atoms with Crippen molar-refractivity contribution in [3.63, 3.8) is 0 Å². The zero-order valence-corrected chi connectivity index (χ0v) is 20.0. The fraction of sp³-hybridized carbons (Fsp3) is 0.269. The van der Waals surface area contributed by atoms with Crippen LogP contribution >= 0.6 is 22.9 Å². The van der Waals surface area contributed by atoms with Gasteiger partial charge in [-0.15, -0.1) is 11.3 Å². The minimum atomic E-state index is -2.03.